The van der Waals surface area contributed by atoms with E-state index in [1.807, 2.05) is 12.1 Å². The highest BCUT2D eigenvalue weighted by atomic mass is 32.1. The third-order valence-corrected chi connectivity index (χ3v) is 2.36. The predicted molar refractivity (Wildman–Crippen MR) is 59.8 cm³/mol. The summed E-state index contributed by atoms with van der Waals surface area (Å²) >= 11 is 4.89. The average Bonchev–Trinajstić information content (AvgIpc) is 2.18. The lowest BCUT2D eigenvalue weighted by Crippen LogP contribution is -2.09. The third-order valence-electron chi connectivity index (χ3n) is 2.14. The number of halogens is 1. The lowest BCUT2D eigenvalue weighted by Gasteiger charge is -2.04. The molecular weight excluding hydrogens is 197 g/mol. The number of thiocarbonyl (C=S) groups is 1. The van der Waals surface area contributed by atoms with E-state index in [2.05, 4.69) is 0 Å². The van der Waals surface area contributed by atoms with Crippen LogP contribution in [0, 0.1) is 5.82 Å². The molecule has 0 aliphatic heterocycles. The predicted octanol–water partition coefficient (Wildman–Crippen LogP) is 2.61. The summed E-state index contributed by atoms with van der Waals surface area (Å²) in [5, 5.41) is 1.32. The van der Waals surface area contributed by atoms with Crippen molar-refractivity contribution in [2.75, 3.05) is 0 Å². The molecule has 0 aromatic heterocycles. The highest BCUT2D eigenvalue weighted by Crippen LogP contribution is 2.21. The Labute approximate surface area is 86.3 Å². The van der Waals surface area contributed by atoms with Gasteiger partial charge in [-0.2, -0.15) is 0 Å². The van der Waals surface area contributed by atoms with Gasteiger partial charge in [0.15, 0.2) is 0 Å². The number of hydrogen-bond donors (Lipinski definition) is 1. The van der Waals surface area contributed by atoms with Gasteiger partial charge in [-0.15, -0.1) is 0 Å². The molecule has 70 valence electrons. The summed E-state index contributed by atoms with van der Waals surface area (Å²) < 4.78 is 13.3. The first-order valence-electron chi connectivity index (χ1n) is 4.17. The van der Waals surface area contributed by atoms with Crippen LogP contribution in [0.25, 0.3) is 10.8 Å². The molecule has 0 aliphatic rings. The molecule has 0 heterocycles. The van der Waals surface area contributed by atoms with Crippen LogP contribution >= 0.6 is 12.2 Å². The van der Waals surface area contributed by atoms with Gasteiger partial charge in [-0.25, -0.2) is 4.39 Å². The van der Waals surface area contributed by atoms with Crippen LogP contribution in [0.1, 0.15) is 5.56 Å². The maximum absolute atomic E-state index is 13.3. The van der Waals surface area contributed by atoms with Gasteiger partial charge in [0.2, 0.25) is 0 Å². The quantitative estimate of drug-likeness (QED) is 0.724. The minimum absolute atomic E-state index is 0.249. The van der Waals surface area contributed by atoms with E-state index in [-0.39, 0.29) is 5.82 Å². The second-order valence-corrected chi connectivity index (χ2v) is 3.44. The molecule has 2 aromatic carbocycles. The summed E-state index contributed by atoms with van der Waals surface area (Å²) in [7, 11) is 0. The lowest BCUT2D eigenvalue weighted by molar-refractivity contribution is 0.640. The molecule has 2 aromatic rings. The first kappa shape index (κ1) is 9.09. The maximum atomic E-state index is 13.3. The minimum Gasteiger partial charge on any atom is -0.389 e. The Balaban J connectivity index is 2.88. The van der Waals surface area contributed by atoms with Crippen LogP contribution in [0.15, 0.2) is 36.4 Å². The Kier molecular flexibility index (Phi) is 2.17. The van der Waals surface area contributed by atoms with Gasteiger partial charge in [-0.3, -0.25) is 0 Å². The number of benzene rings is 2. The monoisotopic (exact) mass is 205 g/mol. The highest BCUT2D eigenvalue weighted by molar-refractivity contribution is 7.80. The standard InChI is InChI=1S/C11H8FNS/c12-10-6-5-9(11(13)14)7-3-1-2-4-8(7)10/h1-6H,(H2,13,14). The fourth-order valence-electron chi connectivity index (χ4n) is 1.48. The van der Waals surface area contributed by atoms with Gasteiger partial charge in [0.25, 0.3) is 0 Å². The Hall–Kier alpha value is -1.48. The SMILES string of the molecule is NC(=S)c1ccc(F)c2ccccc12. The fraction of sp³-hybridized carbons (Fsp3) is 0. The van der Waals surface area contributed by atoms with Crippen molar-refractivity contribution < 1.29 is 4.39 Å². The smallest absolute Gasteiger partial charge is 0.131 e. The Morgan fingerprint density at radius 1 is 1.07 bits per heavy atom. The first-order valence-corrected chi connectivity index (χ1v) is 4.58. The number of fused-ring (bicyclic) bond motifs is 1. The molecule has 2 rings (SSSR count). The van der Waals surface area contributed by atoms with E-state index in [4.69, 9.17) is 18.0 Å². The summed E-state index contributed by atoms with van der Waals surface area (Å²) in [4.78, 5) is 0.293. The van der Waals surface area contributed by atoms with Gasteiger partial charge < -0.3 is 5.73 Å². The Morgan fingerprint density at radius 2 is 1.71 bits per heavy atom. The van der Waals surface area contributed by atoms with Crippen LogP contribution < -0.4 is 5.73 Å². The van der Waals surface area contributed by atoms with E-state index in [1.165, 1.54) is 6.07 Å². The van der Waals surface area contributed by atoms with Crippen LogP contribution in [0.2, 0.25) is 0 Å². The van der Waals surface area contributed by atoms with Gasteiger partial charge in [0.05, 0.1) is 0 Å². The van der Waals surface area contributed by atoms with Crippen LogP contribution in [-0.2, 0) is 0 Å². The fourth-order valence-corrected chi connectivity index (χ4v) is 1.66. The van der Waals surface area contributed by atoms with E-state index in [0.29, 0.717) is 10.4 Å². The zero-order valence-corrected chi connectivity index (χ0v) is 8.14. The zero-order valence-electron chi connectivity index (χ0n) is 7.33. The number of hydrogen-bond acceptors (Lipinski definition) is 1. The molecule has 0 atom stereocenters. The van der Waals surface area contributed by atoms with Crippen molar-refractivity contribution in [3.8, 4) is 0 Å². The molecule has 1 nitrogen and oxygen atoms in total. The van der Waals surface area contributed by atoms with E-state index in [9.17, 15) is 4.39 Å². The summed E-state index contributed by atoms with van der Waals surface area (Å²) in [6, 6.07) is 10.1. The van der Waals surface area contributed by atoms with Crippen LogP contribution in [-0.4, -0.2) is 4.99 Å². The first-order chi connectivity index (χ1) is 6.70. The van der Waals surface area contributed by atoms with Crippen LogP contribution in [0.5, 0.6) is 0 Å². The second kappa shape index (κ2) is 3.35. The van der Waals surface area contributed by atoms with E-state index >= 15 is 0 Å². The molecule has 0 saturated heterocycles. The Morgan fingerprint density at radius 3 is 2.36 bits per heavy atom. The van der Waals surface area contributed by atoms with Crippen molar-refractivity contribution in [3.63, 3.8) is 0 Å². The maximum Gasteiger partial charge on any atom is 0.131 e. The number of nitrogens with two attached hydrogens (primary N) is 1. The van der Waals surface area contributed by atoms with Gasteiger partial charge in [0.1, 0.15) is 10.8 Å². The third kappa shape index (κ3) is 1.36. The topological polar surface area (TPSA) is 26.0 Å². The molecular formula is C11H8FNS. The van der Waals surface area contributed by atoms with E-state index in [1.54, 1.807) is 18.2 Å². The second-order valence-electron chi connectivity index (χ2n) is 3.00. The molecule has 0 spiro atoms. The van der Waals surface area contributed by atoms with Crippen molar-refractivity contribution in [1.29, 1.82) is 0 Å². The molecule has 3 heteroatoms. The molecule has 0 saturated carbocycles. The van der Waals surface area contributed by atoms with Crippen LogP contribution in [0.3, 0.4) is 0 Å². The van der Waals surface area contributed by atoms with Crippen molar-refractivity contribution >= 4 is 28.0 Å². The van der Waals surface area contributed by atoms with Gasteiger partial charge in [-0.1, -0.05) is 36.5 Å². The zero-order chi connectivity index (χ0) is 10.1. The molecule has 0 radical (unpaired) electrons. The van der Waals surface area contributed by atoms with Crippen molar-refractivity contribution in [2.24, 2.45) is 5.73 Å². The largest absolute Gasteiger partial charge is 0.389 e. The van der Waals surface area contributed by atoms with Gasteiger partial charge in [0, 0.05) is 10.9 Å². The molecule has 0 aliphatic carbocycles. The summed E-state index contributed by atoms with van der Waals surface area (Å²) in [6.45, 7) is 0. The Bertz CT molecular complexity index is 508. The normalized spacial score (nSPS) is 10.4. The van der Waals surface area contributed by atoms with Crippen molar-refractivity contribution in [1.82, 2.24) is 0 Å². The summed E-state index contributed by atoms with van der Waals surface area (Å²) in [5.41, 5.74) is 6.26. The van der Waals surface area contributed by atoms with Crippen molar-refractivity contribution in [3.05, 3.63) is 47.8 Å². The highest BCUT2D eigenvalue weighted by Gasteiger charge is 2.06. The van der Waals surface area contributed by atoms with Crippen LogP contribution in [0.4, 0.5) is 4.39 Å². The van der Waals surface area contributed by atoms with Gasteiger partial charge in [-0.05, 0) is 17.5 Å². The molecule has 0 fully saturated rings. The molecule has 14 heavy (non-hydrogen) atoms. The van der Waals surface area contributed by atoms with E-state index in [0.717, 1.165) is 10.9 Å². The lowest BCUT2D eigenvalue weighted by atomic mass is 10.0. The molecule has 2 N–H and O–H groups in total. The molecule has 0 unspecified atom stereocenters. The summed E-state index contributed by atoms with van der Waals surface area (Å²) in [5.74, 6) is -0.249. The number of rotatable bonds is 1. The molecule has 0 amide bonds. The summed E-state index contributed by atoms with van der Waals surface area (Å²) in [6.07, 6.45) is 0. The van der Waals surface area contributed by atoms with E-state index < -0.39 is 0 Å². The average molecular weight is 205 g/mol. The molecule has 0 bridgehead atoms. The minimum atomic E-state index is -0.249. The van der Waals surface area contributed by atoms with Crippen molar-refractivity contribution in [2.45, 2.75) is 0 Å². The van der Waals surface area contributed by atoms with Gasteiger partial charge >= 0.3 is 0 Å².